The van der Waals surface area contributed by atoms with Gasteiger partial charge in [0.1, 0.15) is 0 Å². The molecule has 0 aliphatic heterocycles. The third-order valence-electron chi connectivity index (χ3n) is 3.90. The second kappa shape index (κ2) is 5.82. The molecule has 0 saturated carbocycles. The van der Waals surface area contributed by atoms with E-state index in [9.17, 15) is 0 Å². The van der Waals surface area contributed by atoms with Gasteiger partial charge in [0.15, 0.2) is 0 Å². The van der Waals surface area contributed by atoms with E-state index in [2.05, 4.69) is 75.4 Å². The first-order valence-corrected chi connectivity index (χ1v) is 6.95. The smallest absolute Gasteiger partial charge is 0 e. The number of allylic oxidation sites excluding steroid dienone is 1. The fourth-order valence-electron chi connectivity index (χ4n) is 2.71. The van der Waals surface area contributed by atoms with Crippen LogP contribution in [0.5, 0.6) is 0 Å². The minimum Gasteiger partial charge on any atom is -0.0716 e. The SMILES string of the molecule is CC(C)(C)c1ccc(C2=CCc3ccccc32)cc1.[Zr]. The van der Waals surface area contributed by atoms with Crippen molar-refractivity contribution >= 4 is 5.57 Å². The average molecular weight is 340 g/mol. The Labute approximate surface area is 141 Å². The fraction of sp³-hybridized carbons (Fsp3) is 0.263. The van der Waals surface area contributed by atoms with Gasteiger partial charge in [0.05, 0.1) is 0 Å². The van der Waals surface area contributed by atoms with Crippen LogP contribution in [-0.2, 0) is 38.0 Å². The summed E-state index contributed by atoms with van der Waals surface area (Å²) in [6, 6.07) is 17.7. The average Bonchev–Trinajstić information content (AvgIpc) is 2.82. The molecule has 3 rings (SSSR count). The van der Waals surface area contributed by atoms with Gasteiger partial charge in [-0.25, -0.2) is 0 Å². The molecule has 0 aromatic heterocycles. The summed E-state index contributed by atoms with van der Waals surface area (Å²) < 4.78 is 0. The molecular weight excluding hydrogens is 319 g/mol. The van der Waals surface area contributed by atoms with E-state index in [-0.39, 0.29) is 31.6 Å². The van der Waals surface area contributed by atoms with Crippen LogP contribution in [-0.4, -0.2) is 0 Å². The predicted molar refractivity (Wildman–Crippen MR) is 82.4 cm³/mol. The largest absolute Gasteiger partial charge is 0.0716 e. The molecule has 0 heterocycles. The summed E-state index contributed by atoms with van der Waals surface area (Å²) in [6.45, 7) is 6.77. The summed E-state index contributed by atoms with van der Waals surface area (Å²) in [6.07, 6.45) is 3.41. The van der Waals surface area contributed by atoms with Crippen molar-refractivity contribution in [1.82, 2.24) is 0 Å². The van der Waals surface area contributed by atoms with Crippen molar-refractivity contribution < 1.29 is 26.2 Å². The van der Waals surface area contributed by atoms with Crippen LogP contribution in [0.25, 0.3) is 5.57 Å². The predicted octanol–water partition coefficient (Wildman–Crippen LogP) is 4.97. The van der Waals surface area contributed by atoms with Crippen LogP contribution in [0.2, 0.25) is 0 Å². The molecule has 0 saturated heterocycles. The van der Waals surface area contributed by atoms with E-state index in [1.807, 2.05) is 0 Å². The molecule has 2 aromatic carbocycles. The van der Waals surface area contributed by atoms with E-state index in [0.29, 0.717) is 0 Å². The van der Waals surface area contributed by atoms with Crippen LogP contribution >= 0.6 is 0 Å². The number of hydrogen-bond donors (Lipinski definition) is 0. The van der Waals surface area contributed by atoms with Gasteiger partial charge < -0.3 is 0 Å². The van der Waals surface area contributed by atoms with Gasteiger partial charge in [0, 0.05) is 26.2 Å². The van der Waals surface area contributed by atoms with Gasteiger partial charge >= 0.3 is 0 Å². The van der Waals surface area contributed by atoms with Crippen molar-refractivity contribution in [1.29, 1.82) is 0 Å². The zero-order chi connectivity index (χ0) is 13.5. The molecule has 1 aliphatic carbocycles. The Hall–Kier alpha value is -0.937. The summed E-state index contributed by atoms with van der Waals surface area (Å²) in [4.78, 5) is 0. The van der Waals surface area contributed by atoms with Crippen molar-refractivity contribution in [2.75, 3.05) is 0 Å². The Morgan fingerprint density at radius 1 is 0.850 bits per heavy atom. The first kappa shape index (κ1) is 15.5. The topological polar surface area (TPSA) is 0 Å². The molecule has 100 valence electrons. The van der Waals surface area contributed by atoms with Crippen molar-refractivity contribution in [3.63, 3.8) is 0 Å². The molecule has 0 spiro atoms. The third-order valence-corrected chi connectivity index (χ3v) is 3.90. The zero-order valence-corrected chi connectivity index (χ0v) is 14.9. The minimum atomic E-state index is 0. The summed E-state index contributed by atoms with van der Waals surface area (Å²) in [5, 5.41) is 0. The molecule has 0 N–H and O–H groups in total. The molecule has 0 fully saturated rings. The Balaban J connectivity index is 0.00000147. The summed E-state index contributed by atoms with van der Waals surface area (Å²) in [5.74, 6) is 0. The summed E-state index contributed by atoms with van der Waals surface area (Å²) in [7, 11) is 0. The summed E-state index contributed by atoms with van der Waals surface area (Å²) in [5.41, 5.74) is 7.17. The van der Waals surface area contributed by atoms with E-state index in [1.54, 1.807) is 0 Å². The van der Waals surface area contributed by atoms with Crippen molar-refractivity contribution in [3.8, 4) is 0 Å². The van der Waals surface area contributed by atoms with Crippen molar-refractivity contribution in [2.45, 2.75) is 32.6 Å². The number of benzene rings is 2. The maximum atomic E-state index is 2.34. The van der Waals surface area contributed by atoms with Crippen molar-refractivity contribution in [3.05, 3.63) is 76.9 Å². The normalized spacial score (nSPS) is 13.4. The molecule has 0 atom stereocenters. The second-order valence-corrected chi connectivity index (χ2v) is 6.31. The Kier molecular flexibility index (Phi) is 4.50. The number of hydrogen-bond acceptors (Lipinski definition) is 0. The van der Waals surface area contributed by atoms with Crippen LogP contribution in [0.3, 0.4) is 0 Å². The zero-order valence-electron chi connectivity index (χ0n) is 12.4. The van der Waals surface area contributed by atoms with E-state index >= 15 is 0 Å². The van der Waals surface area contributed by atoms with E-state index in [1.165, 1.54) is 27.8 Å². The molecular formula is C19H20Zr. The van der Waals surface area contributed by atoms with Gasteiger partial charge in [-0.05, 0) is 39.7 Å². The van der Waals surface area contributed by atoms with Gasteiger partial charge in [-0.3, -0.25) is 0 Å². The number of fused-ring (bicyclic) bond motifs is 1. The summed E-state index contributed by atoms with van der Waals surface area (Å²) >= 11 is 0. The first-order valence-electron chi connectivity index (χ1n) is 6.95. The van der Waals surface area contributed by atoms with E-state index in [0.717, 1.165) is 6.42 Å². The first-order chi connectivity index (χ1) is 9.05. The van der Waals surface area contributed by atoms with Gasteiger partial charge in [0.25, 0.3) is 0 Å². The van der Waals surface area contributed by atoms with Gasteiger partial charge in [-0.15, -0.1) is 0 Å². The maximum absolute atomic E-state index is 2.34. The Morgan fingerprint density at radius 2 is 1.50 bits per heavy atom. The molecule has 1 heteroatoms. The molecule has 0 radical (unpaired) electrons. The standard InChI is InChI=1S/C19H20.Zr/c1-19(2,3)16-11-8-15(9-12-16)18-13-10-14-6-4-5-7-17(14)18;/h4-9,11-13H,10H2,1-3H3;. The number of rotatable bonds is 1. The quantitative estimate of drug-likeness (QED) is 0.688. The van der Waals surface area contributed by atoms with E-state index < -0.39 is 0 Å². The monoisotopic (exact) mass is 338 g/mol. The second-order valence-electron chi connectivity index (χ2n) is 6.31. The third kappa shape index (κ3) is 2.89. The Bertz CT molecular complexity index is 628. The van der Waals surface area contributed by atoms with Crippen molar-refractivity contribution in [2.24, 2.45) is 0 Å². The molecule has 0 bridgehead atoms. The molecule has 0 nitrogen and oxygen atoms in total. The molecule has 2 aromatic rings. The van der Waals surface area contributed by atoms with E-state index in [4.69, 9.17) is 0 Å². The van der Waals surface area contributed by atoms with Crippen LogP contribution in [0, 0.1) is 0 Å². The molecule has 0 unspecified atom stereocenters. The molecule has 20 heavy (non-hydrogen) atoms. The minimum absolute atomic E-state index is 0. The van der Waals surface area contributed by atoms with Crippen LogP contribution < -0.4 is 0 Å². The van der Waals surface area contributed by atoms with Crippen LogP contribution in [0.1, 0.15) is 43.0 Å². The van der Waals surface area contributed by atoms with Crippen LogP contribution in [0.4, 0.5) is 0 Å². The van der Waals surface area contributed by atoms with Gasteiger partial charge in [-0.1, -0.05) is 75.4 Å². The Morgan fingerprint density at radius 3 is 2.15 bits per heavy atom. The van der Waals surface area contributed by atoms with Gasteiger partial charge in [0.2, 0.25) is 0 Å². The molecule has 0 amide bonds. The molecule has 1 aliphatic rings. The fourth-order valence-corrected chi connectivity index (χ4v) is 2.71. The van der Waals surface area contributed by atoms with Crippen LogP contribution in [0.15, 0.2) is 54.6 Å². The van der Waals surface area contributed by atoms with Gasteiger partial charge in [-0.2, -0.15) is 0 Å². The maximum Gasteiger partial charge on any atom is 0 e.